The number of rotatable bonds is 9. The van der Waals surface area contributed by atoms with Crippen LogP contribution in [-0.4, -0.2) is 6.04 Å². The summed E-state index contributed by atoms with van der Waals surface area (Å²) in [5, 5.41) is 0. The van der Waals surface area contributed by atoms with Crippen molar-refractivity contribution in [2.75, 3.05) is 9.80 Å². The van der Waals surface area contributed by atoms with E-state index in [0.29, 0.717) is 0 Å². The van der Waals surface area contributed by atoms with Gasteiger partial charge in [-0.2, -0.15) is 0 Å². The summed E-state index contributed by atoms with van der Waals surface area (Å²) in [5.74, 6) is 1.79. The van der Waals surface area contributed by atoms with E-state index in [9.17, 15) is 0 Å². The average Bonchev–Trinajstić information content (AvgIpc) is 3.11. The van der Waals surface area contributed by atoms with Crippen LogP contribution in [0.2, 0.25) is 0 Å². The molecule has 0 amide bonds. The van der Waals surface area contributed by atoms with Gasteiger partial charge in [0.15, 0.2) is 5.75 Å². The first-order valence-corrected chi connectivity index (χ1v) is 16.2. The number of allylic oxidation sites excluding steroid dienone is 5. The Balaban J connectivity index is 1.04. The Labute approximate surface area is 278 Å². The molecule has 2 unspecified atom stereocenters. The number of hydrogen-bond donors (Lipinski definition) is 2. The van der Waals surface area contributed by atoms with Gasteiger partial charge in [-0.3, -0.25) is 0 Å². The normalized spacial score (nSPS) is 17.1. The summed E-state index contributed by atoms with van der Waals surface area (Å²) >= 11 is 0. The minimum Gasteiger partial charge on any atom is -0.453 e. The number of nitrogens with zero attached hydrogens (tertiary/aromatic N) is 2. The van der Waals surface area contributed by atoms with Crippen molar-refractivity contribution in [2.45, 2.75) is 38.8 Å². The van der Waals surface area contributed by atoms with E-state index in [0.717, 1.165) is 58.2 Å². The van der Waals surface area contributed by atoms with Gasteiger partial charge in [-0.05, 0) is 97.5 Å². The molecule has 7 rings (SSSR count). The molecule has 2 aliphatic carbocycles. The molecule has 2 N–H and O–H groups in total. The predicted octanol–water partition coefficient (Wildman–Crippen LogP) is 10.1. The fourth-order valence-corrected chi connectivity index (χ4v) is 6.42. The number of hydrazine groups is 1. The van der Waals surface area contributed by atoms with E-state index in [-0.39, 0.29) is 12.1 Å². The number of aryl methyl sites for hydroxylation is 1. The minimum atomic E-state index is 0.0500. The molecule has 0 spiro atoms. The van der Waals surface area contributed by atoms with E-state index < -0.39 is 0 Å². The monoisotopic (exact) mass is 616 g/mol. The number of ether oxygens (including phenoxy) is 1. The molecule has 4 aromatic rings. The first-order valence-electron chi connectivity index (χ1n) is 16.2. The van der Waals surface area contributed by atoms with Crippen LogP contribution >= 0.6 is 0 Å². The zero-order valence-corrected chi connectivity index (χ0v) is 27.0. The molecule has 5 heteroatoms. The van der Waals surface area contributed by atoms with Crippen molar-refractivity contribution in [2.24, 2.45) is 0 Å². The zero-order chi connectivity index (χ0) is 32.3. The molecule has 0 fully saturated rings. The van der Waals surface area contributed by atoms with E-state index in [1.54, 1.807) is 0 Å². The lowest BCUT2D eigenvalue weighted by molar-refractivity contribution is 0.421. The lowest BCUT2D eigenvalue weighted by atomic mass is 9.98. The molecular weight excluding hydrogens is 576 g/mol. The van der Waals surface area contributed by atoms with E-state index in [1.807, 2.05) is 18.2 Å². The van der Waals surface area contributed by atoms with Crippen molar-refractivity contribution in [3.63, 3.8) is 0 Å². The van der Waals surface area contributed by atoms with Gasteiger partial charge in [0.25, 0.3) is 0 Å². The maximum atomic E-state index is 6.22. The lowest BCUT2D eigenvalue weighted by Gasteiger charge is -2.35. The van der Waals surface area contributed by atoms with Crippen molar-refractivity contribution >= 4 is 28.4 Å². The first kappa shape index (κ1) is 30.2. The number of para-hydroxylation sites is 3. The van der Waals surface area contributed by atoms with Gasteiger partial charge in [-0.1, -0.05) is 98.1 Å². The molecule has 0 radical (unpaired) electrons. The minimum absolute atomic E-state index is 0.0500. The molecule has 0 saturated heterocycles. The Morgan fingerprint density at radius 1 is 0.915 bits per heavy atom. The topological polar surface area (TPSA) is 39.8 Å². The third kappa shape index (κ3) is 6.06. The molecule has 5 nitrogen and oxygen atoms in total. The molecule has 0 aromatic heterocycles. The van der Waals surface area contributed by atoms with Gasteiger partial charge in [0, 0.05) is 28.8 Å². The van der Waals surface area contributed by atoms with E-state index in [1.165, 1.54) is 22.5 Å². The number of anilines is 4. The Hall–Kier alpha value is -5.52. The molecule has 0 bridgehead atoms. The molecular formula is C42H40N4O. The van der Waals surface area contributed by atoms with Crippen LogP contribution in [0.3, 0.4) is 0 Å². The zero-order valence-electron chi connectivity index (χ0n) is 27.0. The summed E-state index contributed by atoms with van der Waals surface area (Å²) in [6, 6.07) is 34.1. The van der Waals surface area contributed by atoms with Gasteiger partial charge in [0.2, 0.25) is 0 Å². The number of benzene rings is 4. The average molecular weight is 617 g/mol. The van der Waals surface area contributed by atoms with Gasteiger partial charge >= 0.3 is 0 Å². The second-order valence-corrected chi connectivity index (χ2v) is 12.2. The highest BCUT2D eigenvalue weighted by Gasteiger charge is 2.28. The van der Waals surface area contributed by atoms with Gasteiger partial charge < -0.3 is 20.0 Å². The molecule has 1 heterocycles. The smallest absolute Gasteiger partial charge is 0.151 e. The summed E-state index contributed by atoms with van der Waals surface area (Å²) < 4.78 is 6.22. The molecule has 2 atom stereocenters. The maximum absolute atomic E-state index is 6.22. The number of nitrogens with one attached hydrogen (secondary N) is 2. The van der Waals surface area contributed by atoms with Crippen LogP contribution in [0, 0.1) is 6.92 Å². The van der Waals surface area contributed by atoms with Gasteiger partial charge in [-0.25, -0.2) is 5.43 Å². The summed E-state index contributed by atoms with van der Waals surface area (Å²) in [6.07, 6.45) is 14.6. The highest BCUT2D eigenvalue weighted by molar-refractivity contribution is 5.77. The third-order valence-corrected chi connectivity index (χ3v) is 9.03. The SMILES string of the molecule is C=C(NNC(C)c1ccc(N(c2ccccc2C)C2C=CC=CC2=C)cc1)c1ccc(N2C3=C(C=CCC3)Oc3ccccc32)cc1. The summed E-state index contributed by atoms with van der Waals surface area (Å²) in [6.45, 7) is 13.0. The van der Waals surface area contributed by atoms with Crippen molar-refractivity contribution in [3.05, 3.63) is 180 Å². The van der Waals surface area contributed by atoms with Crippen molar-refractivity contribution in [1.82, 2.24) is 10.9 Å². The van der Waals surface area contributed by atoms with Gasteiger partial charge in [0.1, 0.15) is 5.76 Å². The van der Waals surface area contributed by atoms with Crippen LogP contribution in [0.25, 0.3) is 5.70 Å². The fraction of sp³-hybridized carbons (Fsp3) is 0.143. The number of hydrogen-bond acceptors (Lipinski definition) is 5. The lowest BCUT2D eigenvalue weighted by Crippen LogP contribution is -2.33. The van der Waals surface area contributed by atoms with Crippen LogP contribution in [0.4, 0.5) is 22.7 Å². The molecule has 4 aromatic carbocycles. The van der Waals surface area contributed by atoms with Crippen LogP contribution in [0.5, 0.6) is 5.75 Å². The fourth-order valence-electron chi connectivity index (χ4n) is 6.42. The quantitative estimate of drug-likeness (QED) is 0.183. The van der Waals surface area contributed by atoms with Crippen LogP contribution in [0.15, 0.2) is 164 Å². The second kappa shape index (κ2) is 13.1. The highest BCUT2D eigenvalue weighted by Crippen LogP contribution is 2.45. The van der Waals surface area contributed by atoms with Gasteiger partial charge in [-0.15, -0.1) is 0 Å². The highest BCUT2D eigenvalue weighted by atomic mass is 16.5. The van der Waals surface area contributed by atoms with Crippen LogP contribution < -0.4 is 25.4 Å². The summed E-state index contributed by atoms with van der Waals surface area (Å²) in [7, 11) is 0. The Bertz CT molecular complexity index is 1930. The second-order valence-electron chi connectivity index (χ2n) is 12.2. The molecule has 47 heavy (non-hydrogen) atoms. The van der Waals surface area contributed by atoms with Crippen molar-refractivity contribution in [3.8, 4) is 5.75 Å². The Morgan fingerprint density at radius 3 is 2.47 bits per heavy atom. The number of fused-ring (bicyclic) bond motifs is 1. The Kier molecular flexibility index (Phi) is 8.38. The van der Waals surface area contributed by atoms with E-state index in [4.69, 9.17) is 4.74 Å². The van der Waals surface area contributed by atoms with E-state index >= 15 is 0 Å². The summed E-state index contributed by atoms with van der Waals surface area (Å²) in [5.41, 5.74) is 17.7. The van der Waals surface area contributed by atoms with Crippen molar-refractivity contribution in [1.29, 1.82) is 0 Å². The molecule has 234 valence electrons. The van der Waals surface area contributed by atoms with Crippen LogP contribution in [-0.2, 0) is 0 Å². The first-order chi connectivity index (χ1) is 23.0. The standard InChI is InChI=1S/C42H40N4O/c1-29-13-5-7-15-37(29)45(38-16-8-6-14-30(38)2)35-25-21-33(22-26-35)31(3)43-44-32(4)34-23-27-36(28-24-34)46-39-17-9-11-19-41(39)47-42-20-12-10-18-40(42)46/h5-9,11-17,19-28,31,37,43-44H,1,4,10,18H2,2-3H3. The summed E-state index contributed by atoms with van der Waals surface area (Å²) in [4.78, 5) is 4.68. The van der Waals surface area contributed by atoms with E-state index in [2.05, 4.69) is 163 Å². The molecule has 3 aliphatic rings. The van der Waals surface area contributed by atoms with Crippen LogP contribution in [0.1, 0.15) is 42.5 Å². The third-order valence-electron chi connectivity index (χ3n) is 9.03. The molecule has 1 aliphatic heterocycles. The molecule has 0 saturated carbocycles. The van der Waals surface area contributed by atoms with Crippen molar-refractivity contribution < 1.29 is 4.74 Å². The largest absolute Gasteiger partial charge is 0.453 e. The maximum Gasteiger partial charge on any atom is 0.151 e. The van der Waals surface area contributed by atoms with Gasteiger partial charge in [0.05, 0.1) is 17.4 Å². The predicted molar refractivity (Wildman–Crippen MR) is 196 cm³/mol. The Morgan fingerprint density at radius 2 is 1.68 bits per heavy atom.